The van der Waals surface area contributed by atoms with Crippen molar-refractivity contribution in [2.24, 2.45) is 23.5 Å². The van der Waals surface area contributed by atoms with Crippen LogP contribution >= 0.6 is 0 Å². The lowest BCUT2D eigenvalue weighted by Crippen LogP contribution is -2.41. The van der Waals surface area contributed by atoms with Crippen LogP contribution in [0.1, 0.15) is 30.7 Å². The molecule has 2 bridgehead atoms. The Bertz CT molecular complexity index is 988. The fourth-order valence-corrected chi connectivity index (χ4v) is 5.22. The summed E-state index contributed by atoms with van der Waals surface area (Å²) in [5.41, 5.74) is 7.78. The van der Waals surface area contributed by atoms with E-state index >= 15 is 0 Å². The van der Waals surface area contributed by atoms with Gasteiger partial charge in [0.15, 0.2) is 11.6 Å². The number of nitrogens with two attached hydrogens (primary N) is 1. The van der Waals surface area contributed by atoms with Gasteiger partial charge in [0.1, 0.15) is 0 Å². The fourth-order valence-electron chi connectivity index (χ4n) is 5.22. The van der Waals surface area contributed by atoms with Crippen molar-refractivity contribution in [1.29, 1.82) is 0 Å². The van der Waals surface area contributed by atoms with Crippen LogP contribution in [-0.4, -0.2) is 35.0 Å². The summed E-state index contributed by atoms with van der Waals surface area (Å²) >= 11 is 0. The third-order valence-electron chi connectivity index (χ3n) is 6.81. The van der Waals surface area contributed by atoms with Gasteiger partial charge in [0.05, 0.1) is 12.1 Å². The summed E-state index contributed by atoms with van der Waals surface area (Å²) in [5, 5.41) is 9.66. The molecule has 5 N–H and O–H groups in total. The number of allylic oxidation sites excluding steroid dienone is 1. The molecule has 7 nitrogen and oxygen atoms in total. The molecule has 3 aliphatic rings. The third-order valence-corrected chi connectivity index (χ3v) is 6.81. The van der Waals surface area contributed by atoms with Gasteiger partial charge < -0.3 is 21.7 Å². The number of nitrogens with one attached hydrogen (secondary N) is 3. The molecule has 2 aliphatic carbocycles. The van der Waals surface area contributed by atoms with E-state index in [-0.39, 0.29) is 35.5 Å². The first-order chi connectivity index (χ1) is 15.1. The van der Waals surface area contributed by atoms with Crippen molar-refractivity contribution in [1.82, 2.24) is 15.3 Å². The first-order valence-electron chi connectivity index (χ1n) is 10.9. The molecule has 31 heavy (non-hydrogen) atoms. The van der Waals surface area contributed by atoms with Gasteiger partial charge in [0.2, 0.25) is 11.9 Å². The van der Waals surface area contributed by atoms with Gasteiger partial charge in [-0.25, -0.2) is 9.37 Å². The lowest BCUT2D eigenvalue weighted by Gasteiger charge is -2.27. The van der Waals surface area contributed by atoms with Gasteiger partial charge >= 0.3 is 0 Å². The van der Waals surface area contributed by atoms with Crippen molar-refractivity contribution in [2.75, 3.05) is 23.7 Å². The maximum Gasteiger partial charge on any atom is 0.229 e. The number of anilines is 3. The number of benzene rings is 1. The minimum absolute atomic E-state index is 0.0843. The fraction of sp³-hybridized carbons (Fsp3) is 0.435. The number of carbonyl (C=O) groups is 1. The molecule has 2 fully saturated rings. The van der Waals surface area contributed by atoms with Crippen molar-refractivity contribution in [3.8, 4) is 0 Å². The Balaban J connectivity index is 1.30. The number of hydrogen-bond donors (Lipinski definition) is 4. The minimum atomic E-state index is -0.554. The largest absolute Gasteiger partial charge is 0.369 e. The Morgan fingerprint density at radius 2 is 1.87 bits per heavy atom. The Kier molecular flexibility index (Phi) is 5.31. The smallest absolute Gasteiger partial charge is 0.229 e. The van der Waals surface area contributed by atoms with Gasteiger partial charge in [-0.2, -0.15) is 4.98 Å². The van der Waals surface area contributed by atoms with Gasteiger partial charge in [0, 0.05) is 11.7 Å². The molecular formula is C23H27FN6O. The Morgan fingerprint density at radius 1 is 1.13 bits per heavy atom. The predicted molar refractivity (Wildman–Crippen MR) is 117 cm³/mol. The molecule has 162 valence electrons. The first kappa shape index (κ1) is 19.9. The maximum absolute atomic E-state index is 14.4. The van der Waals surface area contributed by atoms with Gasteiger partial charge in [-0.3, -0.25) is 4.79 Å². The van der Waals surface area contributed by atoms with Crippen molar-refractivity contribution in [3.63, 3.8) is 0 Å². The van der Waals surface area contributed by atoms with Crippen LogP contribution in [-0.2, 0) is 4.79 Å². The summed E-state index contributed by atoms with van der Waals surface area (Å²) in [4.78, 5) is 20.3. The highest BCUT2D eigenvalue weighted by molar-refractivity contribution is 5.79. The van der Waals surface area contributed by atoms with E-state index in [0.717, 1.165) is 44.2 Å². The van der Waals surface area contributed by atoms with Crippen LogP contribution in [0.5, 0.6) is 0 Å². The van der Waals surface area contributed by atoms with Crippen LogP contribution in [0, 0.1) is 23.6 Å². The Labute approximate surface area is 180 Å². The molecular weight excluding hydrogens is 395 g/mol. The van der Waals surface area contributed by atoms with E-state index in [1.54, 1.807) is 0 Å². The zero-order valence-electron chi connectivity index (χ0n) is 17.2. The van der Waals surface area contributed by atoms with Crippen molar-refractivity contribution in [2.45, 2.75) is 31.2 Å². The average Bonchev–Trinajstić information content (AvgIpc) is 3.39. The second-order valence-electron chi connectivity index (χ2n) is 8.71. The van der Waals surface area contributed by atoms with E-state index < -0.39 is 5.82 Å². The lowest BCUT2D eigenvalue weighted by atomic mass is 9.88. The third kappa shape index (κ3) is 3.99. The summed E-state index contributed by atoms with van der Waals surface area (Å²) in [5.74, 6) is -0.0473. The molecule has 1 aromatic carbocycles. The second kappa shape index (κ2) is 8.26. The van der Waals surface area contributed by atoms with E-state index in [9.17, 15) is 9.18 Å². The summed E-state index contributed by atoms with van der Waals surface area (Å²) < 4.78 is 14.4. The second-order valence-corrected chi connectivity index (χ2v) is 8.71. The predicted octanol–water partition coefficient (Wildman–Crippen LogP) is 2.91. The van der Waals surface area contributed by atoms with Crippen LogP contribution in [0.4, 0.5) is 21.8 Å². The zero-order chi connectivity index (χ0) is 21.4. The molecule has 4 atom stereocenters. The molecule has 1 saturated heterocycles. The standard InChI is InChI=1S/C23H27FN6O/c24-18-12-27-23(28-17-5-3-13(4-6-17)14-7-9-26-10-8-14)30-22(18)29-20-16-2-1-15(11-16)19(20)21(25)31/h1-6,12,14-16,19-20,26H,7-11H2,(H2,25,31)(H2,27,28,29,30). The Morgan fingerprint density at radius 3 is 2.61 bits per heavy atom. The molecule has 0 spiro atoms. The van der Waals surface area contributed by atoms with Gasteiger partial charge in [-0.1, -0.05) is 24.3 Å². The number of piperidine rings is 1. The highest BCUT2D eigenvalue weighted by atomic mass is 19.1. The van der Waals surface area contributed by atoms with Crippen LogP contribution in [0.25, 0.3) is 0 Å². The Hall–Kier alpha value is -3.00. The van der Waals surface area contributed by atoms with Gasteiger partial charge in [-0.05, 0) is 67.8 Å². The zero-order valence-corrected chi connectivity index (χ0v) is 17.2. The SMILES string of the molecule is NC(=O)C1C2C=CC(C2)C1Nc1nc(Nc2ccc(C3CCNCC3)cc2)ncc1F. The highest BCUT2D eigenvalue weighted by Crippen LogP contribution is 2.44. The van der Waals surface area contributed by atoms with E-state index in [2.05, 4.69) is 44.1 Å². The van der Waals surface area contributed by atoms with Crippen LogP contribution in [0.3, 0.4) is 0 Å². The monoisotopic (exact) mass is 422 g/mol. The number of carbonyl (C=O) groups excluding carboxylic acids is 1. The van der Waals surface area contributed by atoms with E-state index in [1.165, 1.54) is 5.56 Å². The molecule has 1 saturated carbocycles. The van der Waals surface area contributed by atoms with Crippen molar-refractivity contribution >= 4 is 23.4 Å². The minimum Gasteiger partial charge on any atom is -0.369 e. The van der Waals surface area contributed by atoms with Crippen molar-refractivity contribution in [3.05, 3.63) is 54.0 Å². The quantitative estimate of drug-likeness (QED) is 0.534. The van der Waals surface area contributed by atoms with E-state index in [1.807, 2.05) is 18.2 Å². The molecule has 1 aliphatic heterocycles. The summed E-state index contributed by atoms with van der Waals surface area (Å²) in [6, 6.07) is 8.00. The number of primary amides is 1. The van der Waals surface area contributed by atoms with Gasteiger partial charge in [0.25, 0.3) is 0 Å². The first-order valence-corrected chi connectivity index (χ1v) is 10.9. The van der Waals surface area contributed by atoms with Crippen LogP contribution in [0.2, 0.25) is 0 Å². The molecule has 1 amide bonds. The molecule has 2 heterocycles. The summed E-state index contributed by atoms with van der Waals surface area (Å²) in [7, 11) is 0. The molecule has 8 heteroatoms. The lowest BCUT2D eigenvalue weighted by molar-refractivity contribution is -0.122. The summed E-state index contributed by atoms with van der Waals surface area (Å²) in [6.07, 6.45) is 8.40. The van der Waals surface area contributed by atoms with E-state index in [4.69, 9.17) is 5.73 Å². The average molecular weight is 423 g/mol. The molecule has 2 aromatic rings. The van der Waals surface area contributed by atoms with Gasteiger partial charge in [-0.15, -0.1) is 0 Å². The number of fused-ring (bicyclic) bond motifs is 2. The number of aromatic nitrogens is 2. The normalized spacial score (nSPS) is 27.4. The molecule has 4 unspecified atom stereocenters. The number of amides is 1. The van der Waals surface area contributed by atoms with Crippen molar-refractivity contribution < 1.29 is 9.18 Å². The number of hydrogen-bond acceptors (Lipinski definition) is 6. The number of halogens is 1. The summed E-state index contributed by atoms with van der Waals surface area (Å²) in [6.45, 7) is 2.11. The van der Waals surface area contributed by atoms with Crippen LogP contribution < -0.4 is 21.7 Å². The molecule has 5 rings (SSSR count). The topological polar surface area (TPSA) is 105 Å². The maximum atomic E-state index is 14.4. The molecule has 0 radical (unpaired) electrons. The van der Waals surface area contributed by atoms with E-state index in [0.29, 0.717) is 11.9 Å². The molecule has 1 aromatic heterocycles. The number of nitrogens with zero attached hydrogens (tertiary/aromatic N) is 2. The van der Waals surface area contributed by atoms with Crippen LogP contribution in [0.15, 0.2) is 42.6 Å². The highest BCUT2D eigenvalue weighted by Gasteiger charge is 2.47. The number of rotatable bonds is 6.